The highest BCUT2D eigenvalue weighted by atomic mass is 16.5. The Labute approximate surface area is 118 Å². The summed E-state index contributed by atoms with van der Waals surface area (Å²) in [5, 5.41) is 5.76. The van der Waals surface area contributed by atoms with Crippen molar-refractivity contribution >= 4 is 11.8 Å². The molecular weight excluding hydrogens is 258 g/mol. The lowest BCUT2D eigenvalue weighted by Crippen LogP contribution is -2.36. The number of ether oxygens (including phenoxy) is 1. The van der Waals surface area contributed by atoms with Gasteiger partial charge in [-0.2, -0.15) is 0 Å². The molecule has 0 aliphatic rings. The second kappa shape index (κ2) is 9.06. The molecule has 6 nitrogen and oxygen atoms in total. The zero-order chi connectivity index (χ0) is 14.8. The molecule has 4 N–H and O–H groups in total. The van der Waals surface area contributed by atoms with Crippen LogP contribution in [0.15, 0.2) is 24.3 Å². The molecule has 0 atom stereocenters. The first-order valence-electron chi connectivity index (χ1n) is 6.48. The van der Waals surface area contributed by atoms with Crippen LogP contribution in [-0.2, 0) is 16.0 Å². The summed E-state index contributed by atoms with van der Waals surface area (Å²) in [5.74, 6) is -0.509. The predicted octanol–water partition coefficient (Wildman–Crippen LogP) is -0.320. The molecule has 1 aromatic carbocycles. The average Bonchev–Trinajstić information content (AvgIpc) is 2.44. The topological polar surface area (TPSA) is 93.4 Å². The van der Waals surface area contributed by atoms with Crippen LogP contribution in [0, 0.1) is 0 Å². The lowest BCUT2D eigenvalue weighted by molar-refractivity contribution is -0.120. The van der Waals surface area contributed by atoms with Gasteiger partial charge in [-0.15, -0.1) is 0 Å². The number of benzene rings is 1. The maximum absolute atomic E-state index is 11.5. The van der Waals surface area contributed by atoms with Gasteiger partial charge >= 0.3 is 0 Å². The zero-order valence-electron chi connectivity index (χ0n) is 11.6. The highest BCUT2D eigenvalue weighted by Gasteiger charge is 2.03. The fourth-order valence-electron chi connectivity index (χ4n) is 1.67. The van der Waals surface area contributed by atoms with E-state index in [0.29, 0.717) is 31.7 Å². The van der Waals surface area contributed by atoms with Gasteiger partial charge in [-0.25, -0.2) is 0 Å². The molecular formula is C14H21N3O3. The number of nitrogens with one attached hydrogen (secondary N) is 2. The van der Waals surface area contributed by atoms with Gasteiger partial charge in [-0.05, 0) is 24.1 Å². The third-order valence-electron chi connectivity index (χ3n) is 2.72. The number of nitrogens with two attached hydrogens (primary N) is 1. The summed E-state index contributed by atoms with van der Waals surface area (Å²) in [6.45, 7) is 2.01. The SMILES string of the molecule is COCCNCC(=O)NCCc1cccc(C(N)=O)c1. The van der Waals surface area contributed by atoms with E-state index in [4.69, 9.17) is 10.5 Å². The van der Waals surface area contributed by atoms with Crippen molar-refractivity contribution in [3.8, 4) is 0 Å². The van der Waals surface area contributed by atoms with Crippen LogP contribution < -0.4 is 16.4 Å². The van der Waals surface area contributed by atoms with Gasteiger partial charge in [0.05, 0.1) is 13.2 Å². The molecule has 0 fully saturated rings. The quantitative estimate of drug-likeness (QED) is 0.540. The smallest absolute Gasteiger partial charge is 0.248 e. The lowest BCUT2D eigenvalue weighted by atomic mass is 10.1. The summed E-state index contributed by atoms with van der Waals surface area (Å²) in [7, 11) is 1.61. The normalized spacial score (nSPS) is 10.2. The summed E-state index contributed by atoms with van der Waals surface area (Å²) in [5.41, 5.74) is 6.66. The van der Waals surface area contributed by atoms with E-state index in [-0.39, 0.29) is 12.5 Å². The number of amides is 2. The number of hydrogen-bond donors (Lipinski definition) is 3. The molecule has 2 amide bonds. The third-order valence-corrected chi connectivity index (χ3v) is 2.72. The Morgan fingerprint density at radius 2 is 2.10 bits per heavy atom. The minimum atomic E-state index is -0.446. The Bertz CT molecular complexity index is 449. The minimum absolute atomic E-state index is 0.0628. The maximum Gasteiger partial charge on any atom is 0.248 e. The van der Waals surface area contributed by atoms with E-state index in [0.717, 1.165) is 5.56 Å². The van der Waals surface area contributed by atoms with Gasteiger partial charge in [0.25, 0.3) is 0 Å². The van der Waals surface area contributed by atoms with Crippen molar-refractivity contribution in [2.75, 3.05) is 33.4 Å². The molecule has 6 heteroatoms. The van der Waals surface area contributed by atoms with Crippen LogP contribution in [-0.4, -0.2) is 45.2 Å². The second-order valence-corrected chi connectivity index (χ2v) is 4.33. The standard InChI is InChI=1S/C14H21N3O3/c1-20-8-7-16-10-13(18)17-6-5-11-3-2-4-12(9-11)14(15)19/h2-4,9,16H,5-8,10H2,1H3,(H2,15,19)(H,17,18). The maximum atomic E-state index is 11.5. The van der Waals surface area contributed by atoms with Crippen LogP contribution >= 0.6 is 0 Å². The van der Waals surface area contributed by atoms with Crippen molar-refractivity contribution in [3.05, 3.63) is 35.4 Å². The largest absolute Gasteiger partial charge is 0.383 e. The highest BCUT2D eigenvalue weighted by Crippen LogP contribution is 2.04. The van der Waals surface area contributed by atoms with Gasteiger partial charge in [-0.3, -0.25) is 9.59 Å². The molecule has 0 spiro atoms. The molecule has 1 aromatic rings. The molecule has 1 rings (SSSR count). The molecule has 20 heavy (non-hydrogen) atoms. The molecule has 0 aliphatic heterocycles. The minimum Gasteiger partial charge on any atom is -0.383 e. The second-order valence-electron chi connectivity index (χ2n) is 4.33. The van der Waals surface area contributed by atoms with Gasteiger partial charge in [0.2, 0.25) is 11.8 Å². The van der Waals surface area contributed by atoms with Crippen molar-refractivity contribution < 1.29 is 14.3 Å². The number of methoxy groups -OCH3 is 1. The van der Waals surface area contributed by atoms with Gasteiger partial charge in [0, 0.05) is 25.8 Å². The fourth-order valence-corrected chi connectivity index (χ4v) is 1.67. The Morgan fingerprint density at radius 3 is 2.80 bits per heavy atom. The van der Waals surface area contributed by atoms with Crippen molar-refractivity contribution in [1.82, 2.24) is 10.6 Å². The van der Waals surface area contributed by atoms with E-state index < -0.39 is 5.91 Å². The van der Waals surface area contributed by atoms with Crippen LogP contribution in [0.2, 0.25) is 0 Å². The molecule has 0 radical (unpaired) electrons. The predicted molar refractivity (Wildman–Crippen MR) is 76.4 cm³/mol. The van der Waals surface area contributed by atoms with Crippen LogP contribution in [0.4, 0.5) is 0 Å². The Kier molecular flexibility index (Phi) is 7.31. The van der Waals surface area contributed by atoms with E-state index in [1.807, 2.05) is 6.07 Å². The monoisotopic (exact) mass is 279 g/mol. The number of hydrogen-bond acceptors (Lipinski definition) is 4. The zero-order valence-corrected chi connectivity index (χ0v) is 11.6. The average molecular weight is 279 g/mol. The number of carbonyl (C=O) groups is 2. The van der Waals surface area contributed by atoms with E-state index >= 15 is 0 Å². The van der Waals surface area contributed by atoms with Crippen molar-refractivity contribution in [1.29, 1.82) is 0 Å². The van der Waals surface area contributed by atoms with Gasteiger partial charge in [0.15, 0.2) is 0 Å². The molecule has 0 unspecified atom stereocenters. The Hall–Kier alpha value is -1.92. The molecule has 110 valence electrons. The van der Waals surface area contributed by atoms with Crippen molar-refractivity contribution in [2.24, 2.45) is 5.73 Å². The number of rotatable bonds is 9. The lowest BCUT2D eigenvalue weighted by Gasteiger charge is -2.07. The summed E-state index contributed by atoms with van der Waals surface area (Å²) < 4.78 is 4.86. The third kappa shape index (κ3) is 6.31. The van der Waals surface area contributed by atoms with E-state index in [2.05, 4.69) is 10.6 Å². The Balaban J connectivity index is 2.25. The molecule has 0 aromatic heterocycles. The van der Waals surface area contributed by atoms with Gasteiger partial charge in [0.1, 0.15) is 0 Å². The van der Waals surface area contributed by atoms with Crippen LogP contribution in [0.1, 0.15) is 15.9 Å². The number of carbonyl (C=O) groups excluding carboxylic acids is 2. The molecule has 0 heterocycles. The number of primary amides is 1. The van der Waals surface area contributed by atoms with Gasteiger partial charge in [-0.1, -0.05) is 12.1 Å². The summed E-state index contributed by atoms with van der Waals surface area (Å²) >= 11 is 0. The molecule has 0 saturated heterocycles. The first kappa shape index (κ1) is 16.1. The summed E-state index contributed by atoms with van der Waals surface area (Å²) in [4.78, 5) is 22.5. The summed E-state index contributed by atoms with van der Waals surface area (Å²) in [6, 6.07) is 7.09. The first-order valence-corrected chi connectivity index (χ1v) is 6.48. The van der Waals surface area contributed by atoms with Crippen molar-refractivity contribution in [2.45, 2.75) is 6.42 Å². The Morgan fingerprint density at radius 1 is 1.30 bits per heavy atom. The first-order chi connectivity index (χ1) is 9.63. The van der Waals surface area contributed by atoms with Crippen LogP contribution in [0.5, 0.6) is 0 Å². The van der Waals surface area contributed by atoms with Crippen molar-refractivity contribution in [3.63, 3.8) is 0 Å². The van der Waals surface area contributed by atoms with E-state index in [1.54, 1.807) is 25.3 Å². The van der Waals surface area contributed by atoms with E-state index in [9.17, 15) is 9.59 Å². The fraction of sp³-hybridized carbons (Fsp3) is 0.429. The highest BCUT2D eigenvalue weighted by molar-refractivity contribution is 5.92. The van der Waals surface area contributed by atoms with E-state index in [1.165, 1.54) is 0 Å². The van der Waals surface area contributed by atoms with Gasteiger partial charge < -0.3 is 21.1 Å². The molecule has 0 saturated carbocycles. The molecule has 0 aliphatic carbocycles. The van der Waals surface area contributed by atoms with Crippen LogP contribution in [0.3, 0.4) is 0 Å². The summed E-state index contributed by atoms with van der Waals surface area (Å²) in [6.07, 6.45) is 0.658. The van der Waals surface area contributed by atoms with Crippen LogP contribution in [0.25, 0.3) is 0 Å². The molecule has 0 bridgehead atoms.